The molecule has 0 N–H and O–H groups in total. The monoisotopic (exact) mass is 848 g/mol. The summed E-state index contributed by atoms with van der Waals surface area (Å²) in [5, 5.41) is 0. The van der Waals surface area contributed by atoms with Crippen LogP contribution in [0.3, 0.4) is 0 Å². The van der Waals surface area contributed by atoms with E-state index in [1.807, 2.05) is 0 Å². The van der Waals surface area contributed by atoms with E-state index in [1.165, 1.54) is 50.1 Å². The van der Waals surface area contributed by atoms with Gasteiger partial charge >= 0.3 is 334 Å². The van der Waals surface area contributed by atoms with Gasteiger partial charge in [0.05, 0.1) is 0 Å². The van der Waals surface area contributed by atoms with Crippen molar-refractivity contribution >= 4 is 6.48 Å². The molecule has 0 saturated carbocycles. The van der Waals surface area contributed by atoms with E-state index in [1.54, 1.807) is 20.9 Å². The van der Waals surface area contributed by atoms with Crippen molar-refractivity contribution in [3.63, 3.8) is 0 Å². The van der Waals surface area contributed by atoms with Crippen LogP contribution < -0.4 is 28.1 Å². The van der Waals surface area contributed by atoms with E-state index < -0.39 is 21.3 Å². The van der Waals surface area contributed by atoms with E-state index in [2.05, 4.69) is 185 Å². The first-order valence-electron chi connectivity index (χ1n) is 20.0. The zero-order valence-electron chi connectivity index (χ0n) is 32.9. The zero-order chi connectivity index (χ0) is 36.9. The summed E-state index contributed by atoms with van der Waals surface area (Å²) in [7, 11) is 0. The third-order valence-corrected chi connectivity index (χ3v) is 19.8. The Hall–Kier alpha value is -3.87. The van der Waals surface area contributed by atoms with Crippen molar-refractivity contribution in [2.75, 3.05) is 0 Å². The molecule has 0 radical (unpaired) electrons. The molecule has 0 aromatic heterocycles. The molecule has 8 rings (SSSR count). The molecule has 282 valence electrons. The average molecular weight is 851 g/mol. The van der Waals surface area contributed by atoms with E-state index in [9.17, 15) is 0 Å². The maximum Gasteiger partial charge on any atom is -1.00 e. The van der Waals surface area contributed by atoms with Crippen LogP contribution in [0, 0.1) is 18.8 Å². The van der Waals surface area contributed by atoms with Crippen LogP contribution in [-0.2, 0) is 59.8 Å². The molecule has 0 spiro atoms. The third-order valence-electron chi connectivity index (χ3n) is 12.0. The van der Waals surface area contributed by atoms with Crippen LogP contribution in [-0.4, -0.2) is 3.21 Å². The SMILES string of the molecule is Cc1cc2c(cc1Cc1ccccc1)-c1ccc(CC(C)C(C)Cc3ccccc3)[c]([Zr+2]([C]3=CC=CC3)=[C](Cc3ccccc3)Cc3ccccc3)c1C2.[Cl-].[Cl-]. The van der Waals surface area contributed by atoms with Gasteiger partial charge in [-0.25, -0.2) is 0 Å². The van der Waals surface area contributed by atoms with E-state index in [0.29, 0.717) is 11.8 Å². The van der Waals surface area contributed by atoms with Crippen molar-refractivity contribution in [1.29, 1.82) is 0 Å². The molecular weight excluding hydrogens is 799 g/mol. The van der Waals surface area contributed by atoms with Crippen LogP contribution in [0.2, 0.25) is 0 Å². The van der Waals surface area contributed by atoms with Gasteiger partial charge in [0.25, 0.3) is 0 Å². The fraction of sp³-hybridized carbons (Fsp3) is 0.226. The van der Waals surface area contributed by atoms with Gasteiger partial charge in [-0.1, -0.05) is 0 Å². The molecule has 6 aromatic carbocycles. The first kappa shape index (κ1) is 41.8. The smallest absolute Gasteiger partial charge is 1.00 e. The number of hydrogen-bond acceptors (Lipinski definition) is 0. The van der Waals surface area contributed by atoms with Crippen LogP contribution in [0.4, 0.5) is 0 Å². The van der Waals surface area contributed by atoms with E-state index in [-0.39, 0.29) is 24.8 Å². The zero-order valence-corrected chi connectivity index (χ0v) is 36.9. The quantitative estimate of drug-likeness (QED) is 0.134. The van der Waals surface area contributed by atoms with Gasteiger partial charge in [-0.2, -0.15) is 0 Å². The van der Waals surface area contributed by atoms with Crippen molar-refractivity contribution in [2.45, 2.75) is 65.7 Å². The molecule has 0 amide bonds. The number of benzene rings is 6. The molecule has 0 fully saturated rings. The predicted octanol–water partition coefficient (Wildman–Crippen LogP) is 5.97. The molecule has 0 saturated heterocycles. The first-order chi connectivity index (χ1) is 26.5. The molecule has 0 aliphatic heterocycles. The fourth-order valence-corrected chi connectivity index (χ4v) is 17.5. The maximum atomic E-state index is 2.58. The van der Waals surface area contributed by atoms with Gasteiger partial charge in [0.15, 0.2) is 0 Å². The first-order valence-corrected chi connectivity index (χ1v) is 23.7. The van der Waals surface area contributed by atoms with Gasteiger partial charge in [-0.05, 0) is 0 Å². The summed E-state index contributed by atoms with van der Waals surface area (Å²) in [6.07, 6.45) is 14.8. The minimum atomic E-state index is -2.70. The van der Waals surface area contributed by atoms with Gasteiger partial charge in [0.2, 0.25) is 0 Å². The van der Waals surface area contributed by atoms with Gasteiger partial charge < -0.3 is 24.8 Å². The standard InChI is InChI=1S/C33H33.C15H14.C5H5.2ClH.Zr/c1-23(16-26-10-6-4-7-11-26)24(2)17-28-14-15-32-31(20-28)21-30-18-25(3)29(22-33(30)32)19-27-12-8-5-9-13-27;1-3-8-14(9-4-1)12-7-13-15-10-5-2-6-11-15;1-2-4-5-3-1;;;/h4-15,18,22-24H,16-17,19,21H2,1-3H3;1-6,8-11H,12-13H2;1-3H,4H2;2*1H;/q;;;;;+2/p-2. The van der Waals surface area contributed by atoms with Gasteiger partial charge in [-0.15, -0.1) is 0 Å². The van der Waals surface area contributed by atoms with Gasteiger partial charge in [-0.3, -0.25) is 0 Å². The number of fused-ring (bicyclic) bond motifs is 3. The Labute approximate surface area is 355 Å². The number of halogens is 2. The summed E-state index contributed by atoms with van der Waals surface area (Å²) in [5.74, 6) is 1.16. The van der Waals surface area contributed by atoms with Crippen molar-refractivity contribution in [3.05, 3.63) is 217 Å². The fourth-order valence-electron chi connectivity index (χ4n) is 8.88. The normalized spacial score (nSPS) is 13.3. The molecule has 2 aliphatic rings. The average Bonchev–Trinajstić information content (AvgIpc) is 3.86. The molecule has 0 heterocycles. The van der Waals surface area contributed by atoms with Crippen LogP contribution in [0.15, 0.2) is 167 Å². The van der Waals surface area contributed by atoms with Crippen molar-refractivity contribution in [1.82, 2.24) is 0 Å². The van der Waals surface area contributed by atoms with E-state index in [4.69, 9.17) is 0 Å². The Bertz CT molecular complexity index is 2280. The molecule has 3 heteroatoms. The van der Waals surface area contributed by atoms with Crippen LogP contribution >= 0.6 is 0 Å². The van der Waals surface area contributed by atoms with Crippen molar-refractivity contribution < 1.29 is 46.1 Å². The molecule has 2 unspecified atom stereocenters. The van der Waals surface area contributed by atoms with E-state index >= 15 is 0 Å². The number of aryl methyl sites for hydroxylation is 1. The topological polar surface area (TPSA) is 0 Å². The second-order valence-corrected chi connectivity index (χ2v) is 22.3. The Morgan fingerprint density at radius 1 is 0.589 bits per heavy atom. The summed E-state index contributed by atoms with van der Waals surface area (Å²) in [4.78, 5) is 0. The number of hydrogen-bond donors (Lipinski definition) is 0. The molecule has 6 aromatic rings. The Kier molecular flexibility index (Phi) is 14.6. The Morgan fingerprint density at radius 2 is 1.14 bits per heavy atom. The Morgan fingerprint density at radius 3 is 1.71 bits per heavy atom. The molecule has 56 heavy (non-hydrogen) atoms. The number of rotatable bonds is 13. The van der Waals surface area contributed by atoms with Gasteiger partial charge in [0, 0.05) is 0 Å². The molecule has 0 nitrogen and oxygen atoms in total. The van der Waals surface area contributed by atoms with Crippen molar-refractivity contribution in [2.24, 2.45) is 11.8 Å². The summed E-state index contributed by atoms with van der Waals surface area (Å²) < 4.78 is 5.31. The van der Waals surface area contributed by atoms with Crippen LogP contribution in [0.5, 0.6) is 0 Å². The molecular formula is C53H52Cl2Zr. The molecule has 2 aliphatic carbocycles. The minimum absolute atomic E-state index is 0. The third kappa shape index (κ3) is 9.63. The molecule has 2 atom stereocenters. The van der Waals surface area contributed by atoms with E-state index in [0.717, 1.165) is 44.9 Å². The van der Waals surface area contributed by atoms with Crippen LogP contribution in [0.1, 0.15) is 70.3 Å². The summed E-state index contributed by atoms with van der Waals surface area (Å²) >= 11 is -2.70. The summed E-state index contributed by atoms with van der Waals surface area (Å²) in [5.41, 5.74) is 16.3. The van der Waals surface area contributed by atoms with Crippen molar-refractivity contribution in [3.8, 4) is 11.1 Å². The predicted molar refractivity (Wildman–Crippen MR) is 228 cm³/mol. The molecule has 0 bridgehead atoms. The maximum absolute atomic E-state index is 2.70. The largest absolute Gasteiger partial charge is 1.00 e. The van der Waals surface area contributed by atoms with Crippen LogP contribution in [0.25, 0.3) is 11.1 Å². The summed E-state index contributed by atoms with van der Waals surface area (Å²) in [6, 6.07) is 54.9. The Balaban J connectivity index is 0.00000266. The summed E-state index contributed by atoms with van der Waals surface area (Å²) in [6.45, 7) is 7.31. The number of allylic oxidation sites excluding steroid dienone is 4. The second-order valence-electron chi connectivity index (χ2n) is 15.9. The van der Waals surface area contributed by atoms with Gasteiger partial charge in [0.1, 0.15) is 0 Å². The second kappa shape index (κ2) is 19.5. The minimum Gasteiger partial charge on any atom is -1.00 e.